The summed E-state index contributed by atoms with van der Waals surface area (Å²) in [5.74, 6) is 1.50. The molecule has 5 heteroatoms. The molecule has 152 valence electrons. The Morgan fingerprint density at radius 3 is 2.29 bits per heavy atom. The first-order valence-electron chi connectivity index (χ1n) is 11.0. The largest absolute Gasteiger partial charge is 0.376 e. The van der Waals surface area contributed by atoms with E-state index in [0.29, 0.717) is 29.5 Å². The highest BCUT2D eigenvalue weighted by Gasteiger charge is 2.42. The van der Waals surface area contributed by atoms with Crippen LogP contribution in [-0.2, 0) is 4.79 Å². The van der Waals surface area contributed by atoms with E-state index in [1.807, 2.05) is 25.1 Å². The highest BCUT2D eigenvalue weighted by Crippen LogP contribution is 2.44. The molecule has 0 bridgehead atoms. The zero-order chi connectivity index (χ0) is 19.5. The minimum atomic E-state index is 0.0102. The Labute approximate surface area is 168 Å². The third kappa shape index (κ3) is 5.06. The number of carbonyl (C=O) groups excluding carboxylic acids is 2. The fourth-order valence-electron chi connectivity index (χ4n) is 4.46. The smallest absolute Gasteiger partial charge is 0.251 e. The van der Waals surface area contributed by atoms with Gasteiger partial charge in [-0.1, -0.05) is 19.3 Å². The lowest BCUT2D eigenvalue weighted by atomic mass is 9.95. The standard InChI is InChI=1S/C23H33N3O2/c1-15-13-18(23(28)25-19-5-3-2-4-6-19)11-12-20(15)24-14-21(27)26-22(16-7-8-16)17-9-10-17/h11-13,16-17,19,22,24H,2-10,14H2,1H3,(H,25,28)(H,26,27). The molecule has 0 heterocycles. The first-order valence-corrected chi connectivity index (χ1v) is 11.0. The zero-order valence-electron chi connectivity index (χ0n) is 16.9. The number of aryl methyl sites for hydroxylation is 1. The third-order valence-corrected chi connectivity index (χ3v) is 6.46. The molecule has 0 aliphatic heterocycles. The van der Waals surface area contributed by atoms with Crippen LogP contribution >= 0.6 is 0 Å². The molecule has 0 unspecified atom stereocenters. The van der Waals surface area contributed by atoms with Gasteiger partial charge in [0.05, 0.1) is 6.54 Å². The maximum absolute atomic E-state index is 12.5. The van der Waals surface area contributed by atoms with E-state index in [1.54, 1.807) is 0 Å². The predicted octanol–water partition coefficient (Wildman–Crippen LogP) is 3.77. The van der Waals surface area contributed by atoms with Gasteiger partial charge in [-0.05, 0) is 81.0 Å². The van der Waals surface area contributed by atoms with Crippen LogP contribution in [0.4, 0.5) is 5.69 Å². The van der Waals surface area contributed by atoms with E-state index in [-0.39, 0.29) is 18.4 Å². The first kappa shape index (κ1) is 19.3. The number of rotatable bonds is 8. The van der Waals surface area contributed by atoms with Gasteiger partial charge in [-0.25, -0.2) is 0 Å². The summed E-state index contributed by atoms with van der Waals surface area (Å²) < 4.78 is 0. The monoisotopic (exact) mass is 383 g/mol. The van der Waals surface area contributed by atoms with Crippen LogP contribution in [0.2, 0.25) is 0 Å². The molecular weight excluding hydrogens is 350 g/mol. The fourth-order valence-corrected chi connectivity index (χ4v) is 4.46. The SMILES string of the molecule is Cc1cc(C(=O)NC2CCCCC2)ccc1NCC(=O)NC(C1CC1)C1CC1. The zero-order valence-corrected chi connectivity index (χ0v) is 16.9. The molecule has 0 saturated heterocycles. The summed E-state index contributed by atoms with van der Waals surface area (Å²) in [7, 11) is 0. The minimum absolute atomic E-state index is 0.0102. The van der Waals surface area contributed by atoms with E-state index < -0.39 is 0 Å². The molecule has 3 fully saturated rings. The van der Waals surface area contributed by atoms with Crippen LogP contribution in [0.15, 0.2) is 18.2 Å². The first-order chi connectivity index (χ1) is 13.6. The van der Waals surface area contributed by atoms with Crippen molar-refractivity contribution in [3.05, 3.63) is 29.3 Å². The van der Waals surface area contributed by atoms with Gasteiger partial charge in [-0.2, -0.15) is 0 Å². The molecule has 28 heavy (non-hydrogen) atoms. The van der Waals surface area contributed by atoms with Gasteiger partial charge in [0.1, 0.15) is 0 Å². The maximum Gasteiger partial charge on any atom is 0.251 e. The number of anilines is 1. The Kier molecular flexibility index (Phi) is 5.88. The fraction of sp³-hybridized carbons (Fsp3) is 0.652. The van der Waals surface area contributed by atoms with Gasteiger partial charge in [-0.3, -0.25) is 9.59 Å². The lowest BCUT2D eigenvalue weighted by molar-refractivity contribution is -0.120. The minimum Gasteiger partial charge on any atom is -0.376 e. The van der Waals surface area contributed by atoms with Gasteiger partial charge < -0.3 is 16.0 Å². The highest BCUT2D eigenvalue weighted by molar-refractivity contribution is 5.95. The van der Waals surface area contributed by atoms with Crippen LogP contribution in [-0.4, -0.2) is 30.4 Å². The van der Waals surface area contributed by atoms with Crippen molar-refractivity contribution in [3.8, 4) is 0 Å². The van der Waals surface area contributed by atoms with Crippen molar-refractivity contribution in [2.24, 2.45) is 11.8 Å². The number of benzene rings is 1. The summed E-state index contributed by atoms with van der Waals surface area (Å²) in [5.41, 5.74) is 2.60. The summed E-state index contributed by atoms with van der Waals surface area (Å²) >= 11 is 0. The second-order valence-corrected chi connectivity index (χ2v) is 8.96. The van der Waals surface area contributed by atoms with Crippen molar-refractivity contribution in [3.63, 3.8) is 0 Å². The topological polar surface area (TPSA) is 70.2 Å². The van der Waals surface area contributed by atoms with Gasteiger partial charge in [0, 0.05) is 23.3 Å². The predicted molar refractivity (Wildman–Crippen MR) is 111 cm³/mol. The summed E-state index contributed by atoms with van der Waals surface area (Å²) in [6, 6.07) is 6.38. The van der Waals surface area contributed by atoms with E-state index >= 15 is 0 Å². The quantitative estimate of drug-likeness (QED) is 0.640. The van der Waals surface area contributed by atoms with Crippen LogP contribution < -0.4 is 16.0 Å². The van der Waals surface area contributed by atoms with Gasteiger partial charge in [0.25, 0.3) is 5.91 Å². The molecule has 0 atom stereocenters. The Bertz CT molecular complexity index is 707. The number of carbonyl (C=O) groups is 2. The molecule has 3 N–H and O–H groups in total. The molecule has 3 aliphatic rings. The van der Waals surface area contributed by atoms with Crippen LogP contribution in [0.1, 0.15) is 73.7 Å². The van der Waals surface area contributed by atoms with Crippen molar-refractivity contribution >= 4 is 17.5 Å². The number of hydrogen-bond acceptors (Lipinski definition) is 3. The summed E-state index contributed by atoms with van der Waals surface area (Å²) in [6.45, 7) is 2.26. The Morgan fingerprint density at radius 2 is 1.68 bits per heavy atom. The van der Waals surface area contributed by atoms with Gasteiger partial charge >= 0.3 is 0 Å². The molecule has 3 aliphatic carbocycles. The van der Waals surface area contributed by atoms with Gasteiger partial charge in [-0.15, -0.1) is 0 Å². The van der Waals surface area contributed by atoms with Crippen molar-refractivity contribution in [2.45, 2.75) is 76.8 Å². The van der Waals surface area contributed by atoms with Crippen molar-refractivity contribution < 1.29 is 9.59 Å². The number of hydrogen-bond donors (Lipinski definition) is 3. The second kappa shape index (κ2) is 8.54. The molecular formula is C23H33N3O2. The Balaban J connectivity index is 1.27. The highest BCUT2D eigenvalue weighted by atomic mass is 16.2. The Hall–Kier alpha value is -2.04. The van der Waals surface area contributed by atoms with Gasteiger partial charge in [0.2, 0.25) is 5.91 Å². The summed E-state index contributed by atoms with van der Waals surface area (Å²) in [6.07, 6.45) is 10.9. The third-order valence-electron chi connectivity index (χ3n) is 6.46. The van der Waals surface area contributed by atoms with Crippen molar-refractivity contribution in [1.29, 1.82) is 0 Å². The molecule has 0 aromatic heterocycles. The summed E-state index contributed by atoms with van der Waals surface area (Å²) in [5, 5.41) is 9.64. The average Bonchev–Trinajstić information content (AvgIpc) is 3.59. The lowest BCUT2D eigenvalue weighted by Gasteiger charge is -2.23. The molecule has 4 rings (SSSR count). The van der Waals surface area contributed by atoms with E-state index in [2.05, 4.69) is 16.0 Å². The average molecular weight is 384 g/mol. The van der Waals surface area contributed by atoms with Crippen molar-refractivity contribution in [2.75, 3.05) is 11.9 Å². The van der Waals surface area contributed by atoms with E-state index in [0.717, 1.165) is 24.1 Å². The van der Waals surface area contributed by atoms with Crippen LogP contribution in [0.25, 0.3) is 0 Å². The molecule has 3 saturated carbocycles. The molecule has 0 radical (unpaired) electrons. The Morgan fingerprint density at radius 1 is 1.00 bits per heavy atom. The van der Waals surface area contributed by atoms with Crippen molar-refractivity contribution in [1.82, 2.24) is 10.6 Å². The molecule has 0 spiro atoms. The number of amides is 2. The second-order valence-electron chi connectivity index (χ2n) is 8.96. The molecule has 5 nitrogen and oxygen atoms in total. The molecule has 1 aromatic rings. The summed E-state index contributed by atoms with van der Waals surface area (Å²) in [4.78, 5) is 24.9. The van der Waals surface area contributed by atoms with E-state index in [1.165, 1.54) is 44.9 Å². The lowest BCUT2D eigenvalue weighted by Crippen LogP contribution is -2.41. The number of nitrogens with one attached hydrogen (secondary N) is 3. The molecule has 1 aromatic carbocycles. The van der Waals surface area contributed by atoms with Gasteiger partial charge in [0.15, 0.2) is 0 Å². The van der Waals surface area contributed by atoms with E-state index in [9.17, 15) is 9.59 Å². The molecule has 2 amide bonds. The van der Waals surface area contributed by atoms with E-state index in [4.69, 9.17) is 0 Å². The normalized spacial score (nSPS) is 20.1. The van der Waals surface area contributed by atoms with Crippen LogP contribution in [0.5, 0.6) is 0 Å². The van der Waals surface area contributed by atoms with Crippen LogP contribution in [0.3, 0.4) is 0 Å². The maximum atomic E-state index is 12.5. The van der Waals surface area contributed by atoms with Crippen LogP contribution in [0, 0.1) is 18.8 Å².